The van der Waals surface area contributed by atoms with Gasteiger partial charge in [0, 0.05) is 13.1 Å². The average Bonchev–Trinajstić information content (AvgIpc) is 2.98. The Labute approximate surface area is 142 Å². The highest BCUT2D eigenvalue weighted by molar-refractivity contribution is 9.10. The third kappa shape index (κ3) is 5.41. The van der Waals surface area contributed by atoms with Crippen LogP contribution in [0, 0.1) is 0 Å². The summed E-state index contributed by atoms with van der Waals surface area (Å²) in [6.45, 7) is 0. The molecule has 5 nitrogen and oxygen atoms in total. The van der Waals surface area contributed by atoms with Gasteiger partial charge in [0.25, 0.3) is 0 Å². The Hall–Kier alpha value is -2.34. The van der Waals surface area contributed by atoms with Crippen LogP contribution in [-0.4, -0.2) is 18.9 Å². The van der Waals surface area contributed by atoms with Crippen molar-refractivity contribution >= 4 is 33.8 Å². The monoisotopic (exact) mass is 376 g/mol. The van der Waals surface area contributed by atoms with Crippen molar-refractivity contribution in [1.29, 1.82) is 0 Å². The van der Waals surface area contributed by atoms with Crippen molar-refractivity contribution in [1.82, 2.24) is 10.6 Å². The lowest BCUT2D eigenvalue weighted by atomic mass is 10.0. The van der Waals surface area contributed by atoms with Crippen molar-refractivity contribution in [2.75, 3.05) is 7.05 Å². The number of amides is 2. The van der Waals surface area contributed by atoms with Crippen molar-refractivity contribution in [2.45, 2.75) is 12.5 Å². The molecule has 23 heavy (non-hydrogen) atoms. The maximum atomic E-state index is 12.1. The summed E-state index contributed by atoms with van der Waals surface area (Å²) in [5.41, 5.74) is 0.874. The minimum absolute atomic E-state index is 0.141. The fourth-order valence-electron chi connectivity index (χ4n) is 2.02. The molecule has 1 unspecified atom stereocenters. The second-order valence-electron chi connectivity index (χ2n) is 4.82. The number of furan rings is 1. The summed E-state index contributed by atoms with van der Waals surface area (Å²) in [6.07, 6.45) is 3.12. The Morgan fingerprint density at radius 2 is 1.96 bits per heavy atom. The van der Waals surface area contributed by atoms with E-state index in [1.165, 1.54) is 6.08 Å². The van der Waals surface area contributed by atoms with Crippen LogP contribution in [0.4, 0.5) is 0 Å². The van der Waals surface area contributed by atoms with Crippen molar-refractivity contribution in [2.24, 2.45) is 0 Å². The molecule has 2 N–H and O–H groups in total. The molecule has 0 saturated carbocycles. The molecule has 1 aromatic heterocycles. The molecular formula is C17H17BrN2O3. The molecule has 0 aliphatic rings. The topological polar surface area (TPSA) is 71.3 Å². The van der Waals surface area contributed by atoms with E-state index in [0.29, 0.717) is 10.4 Å². The first-order valence-electron chi connectivity index (χ1n) is 7.08. The van der Waals surface area contributed by atoms with E-state index in [-0.39, 0.29) is 18.2 Å². The summed E-state index contributed by atoms with van der Waals surface area (Å²) in [7, 11) is 1.57. The molecule has 2 rings (SSSR count). The molecule has 1 heterocycles. The fourth-order valence-corrected chi connectivity index (χ4v) is 2.34. The number of nitrogens with one attached hydrogen (secondary N) is 2. The van der Waals surface area contributed by atoms with Crippen LogP contribution in [0.25, 0.3) is 6.08 Å². The Balaban J connectivity index is 2.06. The van der Waals surface area contributed by atoms with Gasteiger partial charge in [0.15, 0.2) is 4.67 Å². The Morgan fingerprint density at radius 1 is 1.22 bits per heavy atom. The van der Waals surface area contributed by atoms with Gasteiger partial charge in [0.1, 0.15) is 5.76 Å². The van der Waals surface area contributed by atoms with Crippen molar-refractivity contribution < 1.29 is 14.0 Å². The standard InChI is InChI=1S/C17H17BrN2O3/c1-19-17(22)11-14(12-5-3-2-4-6-12)20-16(21)10-8-13-7-9-15(18)23-13/h2-10,14H,11H2,1H3,(H,19,22)(H,20,21)/b10-8+. The molecule has 0 radical (unpaired) electrons. The van der Waals surface area contributed by atoms with Gasteiger partial charge >= 0.3 is 0 Å². The van der Waals surface area contributed by atoms with Gasteiger partial charge < -0.3 is 15.1 Å². The predicted molar refractivity (Wildman–Crippen MR) is 91.5 cm³/mol. The molecule has 0 fully saturated rings. The van der Waals surface area contributed by atoms with Crippen LogP contribution in [0.2, 0.25) is 0 Å². The van der Waals surface area contributed by atoms with Gasteiger partial charge in [0.05, 0.1) is 12.5 Å². The van der Waals surface area contributed by atoms with Gasteiger partial charge in [-0.05, 0) is 39.7 Å². The first-order chi connectivity index (χ1) is 11.1. The molecule has 0 spiro atoms. The number of benzene rings is 1. The zero-order valence-corrected chi connectivity index (χ0v) is 14.2. The van der Waals surface area contributed by atoms with Gasteiger partial charge in [-0.3, -0.25) is 9.59 Å². The third-order valence-corrected chi connectivity index (χ3v) is 3.61. The maximum Gasteiger partial charge on any atom is 0.244 e. The number of hydrogen-bond acceptors (Lipinski definition) is 3. The van der Waals surface area contributed by atoms with Gasteiger partial charge in [-0.25, -0.2) is 0 Å². The van der Waals surface area contributed by atoms with Gasteiger partial charge in [-0.15, -0.1) is 0 Å². The van der Waals surface area contributed by atoms with Crippen LogP contribution in [-0.2, 0) is 9.59 Å². The van der Waals surface area contributed by atoms with Crippen molar-refractivity contribution in [3.8, 4) is 0 Å². The molecule has 2 amide bonds. The molecule has 0 saturated heterocycles. The average molecular weight is 377 g/mol. The zero-order chi connectivity index (χ0) is 16.7. The molecule has 0 bridgehead atoms. The smallest absolute Gasteiger partial charge is 0.244 e. The van der Waals surface area contributed by atoms with Crippen LogP contribution < -0.4 is 10.6 Å². The Bertz CT molecular complexity index is 695. The lowest BCUT2D eigenvalue weighted by Crippen LogP contribution is -2.31. The number of carbonyl (C=O) groups is 2. The summed E-state index contributed by atoms with van der Waals surface area (Å²) in [6, 6.07) is 12.5. The molecule has 6 heteroatoms. The van der Waals surface area contributed by atoms with Gasteiger partial charge in [0.2, 0.25) is 11.8 Å². The highest BCUT2D eigenvalue weighted by Gasteiger charge is 2.16. The quantitative estimate of drug-likeness (QED) is 0.761. The highest BCUT2D eigenvalue weighted by atomic mass is 79.9. The summed E-state index contributed by atoms with van der Waals surface area (Å²) in [5, 5.41) is 5.41. The summed E-state index contributed by atoms with van der Waals surface area (Å²) in [4.78, 5) is 23.8. The molecule has 0 aliphatic carbocycles. The molecule has 1 aromatic carbocycles. The lowest BCUT2D eigenvalue weighted by molar-refractivity contribution is -0.121. The van der Waals surface area contributed by atoms with E-state index in [0.717, 1.165) is 5.56 Å². The first kappa shape index (κ1) is 17.0. The Kier molecular flexibility index (Phi) is 6.17. The summed E-state index contributed by atoms with van der Waals surface area (Å²) < 4.78 is 5.89. The van der Waals surface area contributed by atoms with Gasteiger partial charge in [-0.2, -0.15) is 0 Å². The van der Waals surface area contributed by atoms with E-state index in [2.05, 4.69) is 26.6 Å². The molecule has 0 aliphatic heterocycles. The first-order valence-corrected chi connectivity index (χ1v) is 7.87. The fraction of sp³-hybridized carbons (Fsp3) is 0.176. The van der Waals surface area contributed by atoms with E-state index < -0.39 is 6.04 Å². The van der Waals surface area contributed by atoms with Crippen LogP contribution in [0.3, 0.4) is 0 Å². The van der Waals surface area contributed by atoms with E-state index in [9.17, 15) is 9.59 Å². The van der Waals surface area contributed by atoms with E-state index in [1.807, 2.05) is 30.3 Å². The van der Waals surface area contributed by atoms with Crippen LogP contribution >= 0.6 is 15.9 Å². The molecule has 2 aromatic rings. The second-order valence-corrected chi connectivity index (χ2v) is 5.61. The minimum Gasteiger partial charge on any atom is -0.450 e. The minimum atomic E-state index is -0.392. The largest absolute Gasteiger partial charge is 0.450 e. The van der Waals surface area contributed by atoms with Gasteiger partial charge in [-0.1, -0.05) is 30.3 Å². The Morgan fingerprint density at radius 3 is 2.57 bits per heavy atom. The number of carbonyl (C=O) groups excluding carboxylic acids is 2. The van der Waals surface area contributed by atoms with Crippen molar-refractivity contribution in [3.05, 3.63) is 64.5 Å². The van der Waals surface area contributed by atoms with E-state index in [4.69, 9.17) is 4.42 Å². The van der Waals surface area contributed by atoms with E-state index in [1.54, 1.807) is 25.3 Å². The highest BCUT2D eigenvalue weighted by Crippen LogP contribution is 2.17. The van der Waals surface area contributed by atoms with Crippen LogP contribution in [0.5, 0.6) is 0 Å². The SMILES string of the molecule is CNC(=O)CC(NC(=O)/C=C/c1ccc(Br)o1)c1ccccc1. The predicted octanol–water partition coefficient (Wildman–Crippen LogP) is 3.05. The maximum absolute atomic E-state index is 12.1. The van der Waals surface area contributed by atoms with Crippen LogP contribution in [0.15, 0.2) is 57.6 Å². The van der Waals surface area contributed by atoms with Crippen molar-refractivity contribution in [3.63, 3.8) is 0 Å². The molecule has 120 valence electrons. The second kappa shape index (κ2) is 8.33. The number of rotatable bonds is 6. The summed E-state index contributed by atoms with van der Waals surface area (Å²) >= 11 is 3.20. The van der Waals surface area contributed by atoms with Crippen LogP contribution in [0.1, 0.15) is 23.8 Å². The zero-order valence-electron chi connectivity index (χ0n) is 12.6. The molecular weight excluding hydrogens is 360 g/mol. The van der Waals surface area contributed by atoms with E-state index >= 15 is 0 Å². The molecule has 1 atom stereocenters. The number of hydrogen-bond donors (Lipinski definition) is 2. The summed E-state index contributed by atoms with van der Waals surface area (Å²) in [5.74, 6) is 0.128. The third-order valence-electron chi connectivity index (χ3n) is 3.18. The lowest BCUT2D eigenvalue weighted by Gasteiger charge is -2.17. The normalized spacial score (nSPS) is 12.1. The number of halogens is 1.